The third-order valence-corrected chi connectivity index (χ3v) is 6.39. The van der Waals surface area contributed by atoms with Crippen molar-refractivity contribution in [2.24, 2.45) is 0 Å². The van der Waals surface area contributed by atoms with E-state index in [1.165, 1.54) is 23.0 Å². The van der Waals surface area contributed by atoms with Gasteiger partial charge >= 0.3 is 6.03 Å². The van der Waals surface area contributed by atoms with Crippen LogP contribution in [0.3, 0.4) is 0 Å². The molecule has 0 aliphatic carbocycles. The fraction of sp³-hybridized carbons (Fsp3) is 0.867. The lowest BCUT2D eigenvalue weighted by Gasteiger charge is -2.23. The molecule has 1 heterocycles. The summed E-state index contributed by atoms with van der Waals surface area (Å²) < 4.78 is 0. The molecule has 0 saturated carbocycles. The highest BCUT2D eigenvalue weighted by molar-refractivity contribution is 8.04. The van der Waals surface area contributed by atoms with Crippen LogP contribution in [0.15, 0.2) is 0 Å². The normalized spacial score (nSPS) is 19.3. The van der Waals surface area contributed by atoms with Gasteiger partial charge in [-0.05, 0) is 20.8 Å². The predicted octanol–water partition coefficient (Wildman–Crippen LogP) is 2.13. The van der Waals surface area contributed by atoms with Gasteiger partial charge in [0.1, 0.15) is 0 Å². The highest BCUT2D eigenvalue weighted by Crippen LogP contribution is 2.12. The van der Waals surface area contributed by atoms with Gasteiger partial charge in [0.15, 0.2) is 0 Å². The highest BCUT2D eigenvalue weighted by atomic mass is 32.2. The molecule has 1 aliphatic heterocycles. The largest absolute Gasteiger partial charge is 0.333 e. The minimum atomic E-state index is -0.419. The minimum absolute atomic E-state index is 0.232. The molecule has 1 fully saturated rings. The van der Waals surface area contributed by atoms with Gasteiger partial charge < -0.3 is 5.32 Å². The van der Waals surface area contributed by atoms with Gasteiger partial charge in [-0.1, -0.05) is 0 Å². The maximum Gasteiger partial charge on any atom is 0.321 e. The molecule has 0 radical (unpaired) electrons. The number of nitrogens with one attached hydrogen (secondary N) is 2. The van der Waals surface area contributed by atoms with E-state index >= 15 is 0 Å². The molecule has 1 saturated heterocycles. The summed E-state index contributed by atoms with van der Waals surface area (Å²) in [6.07, 6.45) is 0. The average molecular weight is 380 g/mol. The molecule has 0 atom stereocenters. The second-order valence-electron chi connectivity index (χ2n) is 6.37. The van der Waals surface area contributed by atoms with Gasteiger partial charge in [0, 0.05) is 53.1 Å². The van der Waals surface area contributed by atoms with Crippen molar-refractivity contribution in [3.8, 4) is 0 Å². The average Bonchev–Trinajstić information content (AvgIpc) is 2.39. The van der Waals surface area contributed by atoms with Gasteiger partial charge in [0.05, 0.1) is 6.54 Å². The summed E-state index contributed by atoms with van der Waals surface area (Å²) in [7, 11) is 0. The molecule has 1 rings (SSSR count). The Bertz CT molecular complexity index is 363. The summed E-state index contributed by atoms with van der Waals surface area (Å²) in [5.41, 5.74) is -0.344. The second-order valence-corrected chi connectivity index (χ2v) is 10.0. The van der Waals surface area contributed by atoms with Crippen LogP contribution in [0.25, 0.3) is 0 Å². The van der Waals surface area contributed by atoms with Gasteiger partial charge in [-0.15, -0.1) is 0 Å². The van der Waals surface area contributed by atoms with Crippen LogP contribution in [0.1, 0.15) is 20.8 Å². The molecule has 0 aromatic rings. The van der Waals surface area contributed by atoms with Crippen molar-refractivity contribution in [2.75, 3.05) is 54.2 Å². The molecule has 3 amide bonds. The first kappa shape index (κ1) is 21.0. The van der Waals surface area contributed by atoms with Crippen molar-refractivity contribution >= 4 is 47.2 Å². The van der Waals surface area contributed by atoms with Crippen molar-refractivity contribution < 1.29 is 9.59 Å². The quantitative estimate of drug-likeness (QED) is 0.766. The molecular formula is C15H29N3O2S3. The lowest BCUT2D eigenvalue weighted by molar-refractivity contribution is -0.121. The third kappa shape index (κ3) is 12.0. The van der Waals surface area contributed by atoms with E-state index in [9.17, 15) is 9.59 Å². The van der Waals surface area contributed by atoms with Gasteiger partial charge in [-0.25, -0.2) is 4.79 Å². The summed E-state index contributed by atoms with van der Waals surface area (Å²) in [6.45, 7) is 7.74. The molecule has 1 aliphatic rings. The SMILES string of the molecule is CC(C)(C)NC(=O)NC(=O)CN1CCSCCSCCSCC1. The Kier molecular flexibility index (Phi) is 10.5. The minimum Gasteiger partial charge on any atom is -0.333 e. The summed E-state index contributed by atoms with van der Waals surface area (Å²) >= 11 is 5.91. The van der Waals surface area contributed by atoms with Crippen molar-refractivity contribution in [3.05, 3.63) is 0 Å². The number of nitrogens with zero attached hydrogens (tertiary/aromatic N) is 1. The molecule has 2 N–H and O–H groups in total. The van der Waals surface area contributed by atoms with Crippen LogP contribution in [-0.4, -0.2) is 76.5 Å². The van der Waals surface area contributed by atoms with Crippen LogP contribution in [-0.2, 0) is 4.79 Å². The lowest BCUT2D eigenvalue weighted by Crippen LogP contribution is -2.50. The first-order valence-electron chi connectivity index (χ1n) is 7.94. The van der Waals surface area contributed by atoms with E-state index in [0.29, 0.717) is 0 Å². The molecular weight excluding hydrogens is 350 g/mol. The fourth-order valence-corrected chi connectivity index (χ4v) is 5.21. The topological polar surface area (TPSA) is 61.4 Å². The predicted molar refractivity (Wildman–Crippen MR) is 105 cm³/mol. The van der Waals surface area contributed by atoms with E-state index in [4.69, 9.17) is 0 Å². The number of carbonyl (C=O) groups is 2. The van der Waals surface area contributed by atoms with Crippen LogP contribution in [0, 0.1) is 0 Å². The molecule has 0 unspecified atom stereocenters. The smallest absolute Gasteiger partial charge is 0.321 e. The molecule has 0 aromatic heterocycles. The van der Waals surface area contributed by atoms with Crippen LogP contribution in [0.4, 0.5) is 4.79 Å². The lowest BCUT2D eigenvalue weighted by atomic mass is 10.1. The summed E-state index contributed by atoms with van der Waals surface area (Å²) in [5, 5.41) is 5.17. The Labute approximate surface area is 152 Å². The first-order chi connectivity index (χ1) is 10.9. The molecule has 8 heteroatoms. The van der Waals surface area contributed by atoms with Crippen molar-refractivity contribution in [1.82, 2.24) is 15.5 Å². The zero-order chi connectivity index (χ0) is 17.1. The number of thioether (sulfide) groups is 3. The van der Waals surface area contributed by atoms with Gasteiger partial charge in [-0.2, -0.15) is 35.3 Å². The van der Waals surface area contributed by atoms with Crippen molar-refractivity contribution in [3.63, 3.8) is 0 Å². The molecule has 5 nitrogen and oxygen atoms in total. The zero-order valence-electron chi connectivity index (χ0n) is 14.4. The number of rotatable bonds is 2. The van der Waals surface area contributed by atoms with E-state index in [0.717, 1.165) is 24.6 Å². The van der Waals surface area contributed by atoms with E-state index in [-0.39, 0.29) is 18.0 Å². The Morgan fingerprint density at radius 3 is 1.87 bits per heavy atom. The van der Waals surface area contributed by atoms with Crippen molar-refractivity contribution in [1.29, 1.82) is 0 Å². The maximum atomic E-state index is 12.1. The Balaban J connectivity index is 2.37. The zero-order valence-corrected chi connectivity index (χ0v) is 16.8. The number of carbonyl (C=O) groups excluding carboxylic acids is 2. The Hall–Kier alpha value is -0.0500. The summed E-state index contributed by atoms with van der Waals surface area (Å²) in [4.78, 5) is 25.9. The van der Waals surface area contributed by atoms with Crippen LogP contribution < -0.4 is 10.6 Å². The highest BCUT2D eigenvalue weighted by Gasteiger charge is 2.17. The van der Waals surface area contributed by atoms with Gasteiger partial charge in [0.2, 0.25) is 5.91 Å². The van der Waals surface area contributed by atoms with Gasteiger partial charge in [0.25, 0.3) is 0 Å². The standard InChI is InChI=1S/C15H29N3O2S3/c1-15(2,3)17-14(20)16-13(19)12-18-4-6-21-8-10-23-11-9-22-7-5-18/h4-12H2,1-3H3,(H2,16,17,19,20). The number of hydrogen-bond acceptors (Lipinski definition) is 6. The van der Waals surface area contributed by atoms with E-state index < -0.39 is 6.03 Å². The third-order valence-electron chi connectivity index (χ3n) is 2.96. The van der Waals surface area contributed by atoms with Crippen molar-refractivity contribution in [2.45, 2.75) is 26.3 Å². The van der Waals surface area contributed by atoms with Crippen LogP contribution in [0.2, 0.25) is 0 Å². The molecule has 23 heavy (non-hydrogen) atoms. The first-order valence-corrected chi connectivity index (χ1v) is 11.4. The summed E-state index contributed by atoms with van der Waals surface area (Å²) in [6, 6.07) is -0.419. The van der Waals surface area contributed by atoms with E-state index in [1.54, 1.807) is 0 Å². The molecule has 0 bridgehead atoms. The second kappa shape index (κ2) is 11.5. The Morgan fingerprint density at radius 1 is 0.913 bits per heavy atom. The van der Waals surface area contributed by atoms with E-state index in [2.05, 4.69) is 15.5 Å². The number of imide groups is 1. The number of amides is 3. The molecule has 0 aromatic carbocycles. The van der Waals surface area contributed by atoms with Gasteiger partial charge in [-0.3, -0.25) is 15.0 Å². The molecule has 0 spiro atoms. The Morgan fingerprint density at radius 2 is 1.39 bits per heavy atom. The monoisotopic (exact) mass is 379 g/mol. The molecule has 134 valence electrons. The number of urea groups is 1. The van der Waals surface area contributed by atoms with Crippen LogP contribution in [0.5, 0.6) is 0 Å². The van der Waals surface area contributed by atoms with E-state index in [1.807, 2.05) is 56.1 Å². The summed E-state index contributed by atoms with van der Waals surface area (Å²) in [5.74, 6) is 6.59. The van der Waals surface area contributed by atoms with Crippen LogP contribution >= 0.6 is 35.3 Å². The maximum absolute atomic E-state index is 12.1. The number of hydrogen-bond donors (Lipinski definition) is 2. The fourth-order valence-electron chi connectivity index (χ4n) is 1.94.